The van der Waals surface area contributed by atoms with Gasteiger partial charge in [0.05, 0.1) is 16.9 Å². The molecule has 1 aliphatic heterocycles. The third-order valence-electron chi connectivity index (χ3n) is 4.25. The highest BCUT2D eigenvalue weighted by Crippen LogP contribution is 2.22. The van der Waals surface area contributed by atoms with Crippen LogP contribution in [0.25, 0.3) is 0 Å². The van der Waals surface area contributed by atoms with Gasteiger partial charge in [-0.1, -0.05) is 12.1 Å². The summed E-state index contributed by atoms with van der Waals surface area (Å²) in [4.78, 5) is 36.4. The second-order valence-electron chi connectivity index (χ2n) is 5.86. The molecule has 1 heterocycles. The Morgan fingerprint density at radius 3 is 2.16 bits per heavy atom. The van der Waals surface area contributed by atoms with Crippen LogP contribution in [0, 0.1) is 0 Å². The van der Waals surface area contributed by atoms with Crippen molar-refractivity contribution < 1.29 is 27.9 Å². The predicted octanol–water partition coefficient (Wildman–Crippen LogP) is 0.798. The van der Waals surface area contributed by atoms with E-state index in [9.17, 15) is 22.8 Å². The molecule has 2 amide bonds. The summed E-state index contributed by atoms with van der Waals surface area (Å²) < 4.78 is 25.0. The van der Waals surface area contributed by atoms with Gasteiger partial charge in [-0.2, -0.15) is 4.31 Å². The number of hydrogen-bond acceptors (Lipinski definition) is 5. The molecule has 0 saturated carbocycles. The Labute approximate surface area is 146 Å². The summed E-state index contributed by atoms with van der Waals surface area (Å²) in [6.45, 7) is 1.42. The third kappa shape index (κ3) is 3.88. The number of carboxylic acid groups (broad SMARTS) is 1. The highest BCUT2D eigenvalue weighted by atomic mass is 32.2. The lowest BCUT2D eigenvalue weighted by molar-refractivity contribution is -0.140. The van der Waals surface area contributed by atoms with E-state index in [1.54, 1.807) is 24.3 Å². The van der Waals surface area contributed by atoms with Crippen LogP contribution in [0.5, 0.6) is 0 Å². The van der Waals surface area contributed by atoms with Crippen LogP contribution in [0.4, 0.5) is 0 Å². The van der Waals surface area contributed by atoms with Gasteiger partial charge >= 0.3 is 5.97 Å². The molecule has 136 valence electrons. The number of amides is 2. The largest absolute Gasteiger partial charge is 0.480 e. The number of benzene rings is 1. The van der Waals surface area contributed by atoms with Crippen molar-refractivity contribution in [3.8, 4) is 0 Å². The van der Waals surface area contributed by atoms with E-state index in [-0.39, 0.29) is 30.5 Å². The van der Waals surface area contributed by atoms with Gasteiger partial charge in [0.15, 0.2) is 0 Å². The lowest BCUT2D eigenvalue weighted by Gasteiger charge is -2.21. The van der Waals surface area contributed by atoms with Crippen molar-refractivity contribution in [2.45, 2.75) is 25.8 Å². The number of hydrogen-bond donors (Lipinski definition) is 1. The number of aliphatic carboxylic acids is 1. The fourth-order valence-electron chi connectivity index (χ4n) is 2.54. The van der Waals surface area contributed by atoms with Crippen molar-refractivity contribution in [1.29, 1.82) is 0 Å². The molecule has 1 aromatic carbocycles. The van der Waals surface area contributed by atoms with E-state index >= 15 is 0 Å². The van der Waals surface area contributed by atoms with Crippen molar-refractivity contribution in [3.05, 3.63) is 35.4 Å². The number of carboxylic acids is 1. The first-order chi connectivity index (χ1) is 11.7. The molecule has 0 bridgehead atoms. The van der Waals surface area contributed by atoms with E-state index in [1.165, 1.54) is 14.0 Å². The zero-order valence-electron chi connectivity index (χ0n) is 14.0. The van der Waals surface area contributed by atoms with Gasteiger partial charge in [-0.15, -0.1) is 0 Å². The Kier molecular flexibility index (Phi) is 5.58. The number of carbonyl (C=O) groups excluding carboxylic acids is 2. The lowest BCUT2D eigenvalue weighted by Crippen LogP contribution is -2.41. The van der Waals surface area contributed by atoms with Crippen molar-refractivity contribution >= 4 is 27.8 Å². The van der Waals surface area contributed by atoms with E-state index in [1.807, 2.05) is 0 Å². The third-order valence-corrected chi connectivity index (χ3v) is 6.25. The average molecular weight is 368 g/mol. The maximum absolute atomic E-state index is 12.2. The van der Waals surface area contributed by atoms with Gasteiger partial charge < -0.3 is 5.11 Å². The molecule has 0 fully saturated rings. The van der Waals surface area contributed by atoms with Gasteiger partial charge in [0.2, 0.25) is 10.0 Å². The van der Waals surface area contributed by atoms with Crippen molar-refractivity contribution in [2.24, 2.45) is 0 Å². The number of carbonyl (C=O) groups is 3. The molecule has 0 aliphatic carbocycles. The van der Waals surface area contributed by atoms with Gasteiger partial charge in [0.1, 0.15) is 6.04 Å². The number of imide groups is 1. The monoisotopic (exact) mass is 368 g/mol. The molecule has 0 aromatic heterocycles. The van der Waals surface area contributed by atoms with E-state index in [0.29, 0.717) is 17.5 Å². The molecule has 1 unspecified atom stereocenters. The van der Waals surface area contributed by atoms with Gasteiger partial charge in [0, 0.05) is 13.6 Å². The zero-order valence-corrected chi connectivity index (χ0v) is 14.8. The van der Waals surface area contributed by atoms with Crippen LogP contribution in [0.3, 0.4) is 0 Å². The molecular formula is C16H20N2O6S. The summed E-state index contributed by atoms with van der Waals surface area (Å²) in [5.41, 5.74) is 0.713. The van der Waals surface area contributed by atoms with Crippen molar-refractivity contribution in [1.82, 2.24) is 9.21 Å². The lowest BCUT2D eigenvalue weighted by atomic mass is 10.1. The summed E-state index contributed by atoms with van der Waals surface area (Å²) in [6, 6.07) is 5.38. The van der Waals surface area contributed by atoms with Crippen LogP contribution in [0.2, 0.25) is 0 Å². The fraction of sp³-hybridized carbons (Fsp3) is 0.438. The minimum absolute atomic E-state index is 0.125. The van der Waals surface area contributed by atoms with Gasteiger partial charge in [-0.05, 0) is 31.9 Å². The number of rotatable bonds is 8. The molecule has 1 N–H and O–H groups in total. The maximum Gasteiger partial charge on any atom is 0.321 e. The summed E-state index contributed by atoms with van der Waals surface area (Å²) in [6.07, 6.45) is 0.534. The fourth-order valence-corrected chi connectivity index (χ4v) is 3.97. The van der Waals surface area contributed by atoms with Crippen LogP contribution in [0.1, 0.15) is 40.5 Å². The molecule has 2 rings (SSSR count). The predicted molar refractivity (Wildman–Crippen MR) is 89.7 cm³/mol. The topological polar surface area (TPSA) is 112 Å². The molecule has 1 aromatic rings. The number of nitrogens with zero attached hydrogens (tertiary/aromatic N) is 2. The van der Waals surface area contributed by atoms with Crippen LogP contribution in [-0.4, -0.2) is 65.9 Å². The number of fused-ring (bicyclic) bond motifs is 1. The maximum atomic E-state index is 12.2. The molecule has 0 radical (unpaired) electrons. The first-order valence-electron chi connectivity index (χ1n) is 7.80. The van der Waals surface area contributed by atoms with Crippen LogP contribution in [-0.2, 0) is 14.8 Å². The molecule has 9 heteroatoms. The zero-order chi connectivity index (χ0) is 18.8. The molecule has 1 atom stereocenters. The van der Waals surface area contributed by atoms with Crippen molar-refractivity contribution in [3.63, 3.8) is 0 Å². The Morgan fingerprint density at radius 1 is 1.16 bits per heavy atom. The van der Waals surface area contributed by atoms with E-state index < -0.39 is 22.0 Å². The quantitative estimate of drug-likeness (QED) is 0.536. The summed E-state index contributed by atoms with van der Waals surface area (Å²) >= 11 is 0. The summed E-state index contributed by atoms with van der Waals surface area (Å²) in [5.74, 6) is -2.22. The van der Waals surface area contributed by atoms with Crippen molar-refractivity contribution in [2.75, 3.05) is 19.3 Å². The number of sulfonamides is 1. The normalized spacial score (nSPS) is 15.6. The molecule has 0 spiro atoms. The van der Waals surface area contributed by atoms with Crippen LogP contribution < -0.4 is 0 Å². The first-order valence-corrected chi connectivity index (χ1v) is 9.41. The number of unbranched alkanes of at least 4 members (excludes halogenated alkanes) is 1. The minimum Gasteiger partial charge on any atom is -0.480 e. The Hall–Kier alpha value is -2.26. The molecule has 1 aliphatic rings. The second-order valence-corrected chi connectivity index (χ2v) is 8.01. The van der Waals surface area contributed by atoms with E-state index in [4.69, 9.17) is 5.11 Å². The SMILES string of the molecule is CC(C(=O)O)N(C)S(=O)(=O)CCCCN1C(=O)c2ccccc2C1=O. The number of likely N-dealkylation sites (N-methyl/N-ethyl adjacent to an activating group) is 1. The standard InChI is InChI=1S/C16H20N2O6S/c1-11(16(21)22)17(2)25(23,24)10-6-5-9-18-14(19)12-7-3-4-8-13(12)15(18)20/h3-4,7-8,11H,5-6,9-10H2,1-2H3,(H,21,22). The summed E-state index contributed by atoms with van der Waals surface area (Å²) in [5, 5.41) is 8.89. The molecule has 8 nitrogen and oxygen atoms in total. The highest BCUT2D eigenvalue weighted by molar-refractivity contribution is 7.89. The smallest absolute Gasteiger partial charge is 0.321 e. The Balaban J connectivity index is 1.89. The van der Waals surface area contributed by atoms with Gasteiger partial charge in [0.25, 0.3) is 11.8 Å². The molecule has 25 heavy (non-hydrogen) atoms. The second kappa shape index (κ2) is 7.32. The van der Waals surface area contributed by atoms with Crippen LogP contribution >= 0.6 is 0 Å². The molecular weight excluding hydrogens is 348 g/mol. The van der Waals surface area contributed by atoms with E-state index in [2.05, 4.69) is 0 Å². The van der Waals surface area contributed by atoms with Gasteiger partial charge in [-0.25, -0.2) is 8.42 Å². The highest BCUT2D eigenvalue weighted by Gasteiger charge is 2.34. The average Bonchev–Trinajstić information content (AvgIpc) is 2.82. The van der Waals surface area contributed by atoms with Gasteiger partial charge in [-0.3, -0.25) is 19.3 Å². The minimum atomic E-state index is -3.72. The Morgan fingerprint density at radius 2 is 1.68 bits per heavy atom. The van der Waals surface area contributed by atoms with E-state index in [0.717, 1.165) is 9.21 Å². The summed E-state index contributed by atoms with van der Waals surface area (Å²) in [7, 11) is -2.50. The Bertz CT molecular complexity index is 770. The van der Waals surface area contributed by atoms with Crippen LogP contribution in [0.15, 0.2) is 24.3 Å². The first kappa shape index (κ1) is 19.1. The molecule has 0 saturated heterocycles.